The molecule has 1 aromatic rings. The van der Waals surface area contributed by atoms with E-state index in [4.69, 9.17) is 4.74 Å². The van der Waals surface area contributed by atoms with Crippen molar-refractivity contribution in [1.29, 1.82) is 0 Å². The van der Waals surface area contributed by atoms with Crippen LogP contribution in [-0.4, -0.2) is 36.0 Å². The minimum atomic E-state index is -0.431. The summed E-state index contributed by atoms with van der Waals surface area (Å²) < 4.78 is 5.18. The van der Waals surface area contributed by atoms with Gasteiger partial charge in [-0.3, -0.25) is 4.79 Å². The minimum absolute atomic E-state index is 0.0286. The molecule has 1 fully saturated rings. The second-order valence-corrected chi connectivity index (χ2v) is 6.81. The van der Waals surface area contributed by atoms with E-state index < -0.39 is 6.04 Å². The Balaban J connectivity index is 2.27. The lowest BCUT2D eigenvalue weighted by molar-refractivity contribution is -0.157. The first-order valence-electron chi connectivity index (χ1n) is 8.91. The third kappa shape index (κ3) is 3.80. The van der Waals surface area contributed by atoms with Crippen LogP contribution in [0.15, 0.2) is 12.1 Å². The van der Waals surface area contributed by atoms with Gasteiger partial charge in [0.25, 0.3) is 0 Å². The number of amides is 1. The molecule has 0 spiro atoms. The van der Waals surface area contributed by atoms with E-state index in [1.165, 1.54) is 5.56 Å². The average molecular weight is 331 g/mol. The summed E-state index contributed by atoms with van der Waals surface area (Å²) in [7, 11) is 0. The molecule has 0 radical (unpaired) electrons. The van der Waals surface area contributed by atoms with Crippen LogP contribution in [0.2, 0.25) is 0 Å². The highest BCUT2D eigenvalue weighted by atomic mass is 16.5. The monoisotopic (exact) mass is 331 g/mol. The van der Waals surface area contributed by atoms with Crippen LogP contribution in [-0.2, 0) is 14.3 Å². The van der Waals surface area contributed by atoms with Gasteiger partial charge in [-0.05, 0) is 70.6 Å². The third-order valence-electron chi connectivity index (χ3n) is 5.03. The molecule has 0 aromatic heterocycles. The number of ether oxygens (including phenoxy) is 1. The maximum absolute atomic E-state index is 13.1. The zero-order valence-electron chi connectivity index (χ0n) is 15.5. The molecule has 0 N–H and O–H groups in total. The number of esters is 1. The number of hydrogen-bond acceptors (Lipinski definition) is 3. The van der Waals surface area contributed by atoms with Gasteiger partial charge in [0.05, 0.1) is 12.5 Å². The van der Waals surface area contributed by atoms with Crippen molar-refractivity contribution in [3.05, 3.63) is 34.4 Å². The Bertz CT molecular complexity index is 624. The number of piperidine rings is 1. The van der Waals surface area contributed by atoms with Crippen LogP contribution in [0.3, 0.4) is 0 Å². The average Bonchev–Trinajstić information content (AvgIpc) is 2.57. The molecule has 1 aromatic carbocycles. The summed E-state index contributed by atoms with van der Waals surface area (Å²) in [5.41, 5.74) is 4.58. The molecular formula is C20H29NO3. The number of hydrogen-bond donors (Lipinski definition) is 0. The van der Waals surface area contributed by atoms with Crippen molar-refractivity contribution in [3.63, 3.8) is 0 Å². The quantitative estimate of drug-likeness (QED) is 0.791. The number of carbonyl (C=O) groups is 2. The summed E-state index contributed by atoms with van der Waals surface area (Å²) in [5.74, 6) is -0.491. The Morgan fingerprint density at radius 3 is 2.62 bits per heavy atom. The first-order valence-corrected chi connectivity index (χ1v) is 8.91. The molecule has 1 saturated heterocycles. The number of carbonyl (C=O) groups excluding carboxylic acids is 2. The Morgan fingerprint density at radius 1 is 1.25 bits per heavy atom. The fourth-order valence-electron chi connectivity index (χ4n) is 3.58. The lowest BCUT2D eigenvalue weighted by Gasteiger charge is -2.36. The normalized spacial score (nSPS) is 19.0. The zero-order valence-corrected chi connectivity index (χ0v) is 15.5. The molecule has 1 heterocycles. The Morgan fingerprint density at radius 2 is 1.96 bits per heavy atom. The highest BCUT2D eigenvalue weighted by Gasteiger charge is 2.35. The molecule has 1 aliphatic rings. The number of aryl methyl sites for hydroxylation is 2. The summed E-state index contributed by atoms with van der Waals surface area (Å²) in [6, 6.07) is 3.80. The molecule has 24 heavy (non-hydrogen) atoms. The summed E-state index contributed by atoms with van der Waals surface area (Å²) in [6.07, 6.45) is 2.60. The van der Waals surface area contributed by atoms with Gasteiger partial charge in [0, 0.05) is 6.54 Å². The smallest absolute Gasteiger partial charge is 0.328 e. The van der Waals surface area contributed by atoms with Crippen LogP contribution < -0.4 is 0 Å². The maximum Gasteiger partial charge on any atom is 0.328 e. The summed E-state index contributed by atoms with van der Waals surface area (Å²) in [6.45, 7) is 10.9. The van der Waals surface area contributed by atoms with Gasteiger partial charge in [-0.2, -0.15) is 0 Å². The number of benzene rings is 1. The number of nitrogens with zero attached hydrogens (tertiary/aromatic N) is 1. The Kier molecular flexibility index (Phi) is 6.03. The predicted molar refractivity (Wildman–Crippen MR) is 95.1 cm³/mol. The van der Waals surface area contributed by atoms with Gasteiger partial charge < -0.3 is 9.64 Å². The lowest BCUT2D eigenvalue weighted by Crippen LogP contribution is -2.50. The van der Waals surface area contributed by atoms with Crippen molar-refractivity contribution in [2.75, 3.05) is 13.2 Å². The molecule has 2 atom stereocenters. The lowest BCUT2D eigenvalue weighted by atomic mass is 9.89. The molecule has 2 rings (SSSR count). The fraction of sp³-hybridized carbons (Fsp3) is 0.600. The second kappa shape index (κ2) is 7.82. The van der Waals surface area contributed by atoms with Gasteiger partial charge in [-0.1, -0.05) is 17.7 Å². The number of likely N-dealkylation sites (tertiary alicyclic amines) is 1. The first-order chi connectivity index (χ1) is 11.4. The van der Waals surface area contributed by atoms with Gasteiger partial charge in [-0.25, -0.2) is 4.79 Å². The molecule has 132 valence electrons. The predicted octanol–water partition coefficient (Wildman–Crippen LogP) is 3.66. The second-order valence-electron chi connectivity index (χ2n) is 6.81. The van der Waals surface area contributed by atoms with E-state index in [0.717, 1.165) is 29.5 Å². The van der Waals surface area contributed by atoms with Crippen molar-refractivity contribution in [1.82, 2.24) is 4.90 Å². The number of rotatable bonds is 4. The van der Waals surface area contributed by atoms with Crippen LogP contribution in [0.1, 0.15) is 61.3 Å². The van der Waals surface area contributed by atoms with E-state index >= 15 is 0 Å². The summed E-state index contributed by atoms with van der Waals surface area (Å²) in [4.78, 5) is 27.1. The van der Waals surface area contributed by atoms with Gasteiger partial charge in [-0.15, -0.1) is 0 Å². The first kappa shape index (κ1) is 18.5. The van der Waals surface area contributed by atoms with E-state index in [1.807, 2.05) is 6.92 Å². The fourth-order valence-corrected chi connectivity index (χ4v) is 3.58. The van der Waals surface area contributed by atoms with Crippen LogP contribution >= 0.6 is 0 Å². The molecule has 4 nitrogen and oxygen atoms in total. The van der Waals surface area contributed by atoms with Crippen molar-refractivity contribution in [2.24, 2.45) is 0 Å². The van der Waals surface area contributed by atoms with Crippen molar-refractivity contribution >= 4 is 11.9 Å². The largest absolute Gasteiger partial charge is 0.464 e. The van der Waals surface area contributed by atoms with Crippen molar-refractivity contribution in [2.45, 2.75) is 65.8 Å². The van der Waals surface area contributed by atoms with E-state index in [1.54, 1.807) is 11.8 Å². The SMILES string of the molecule is CCOC(=O)C1CCCCN1C(=O)C(C)c1cc(C)cc(C)c1C. The third-order valence-corrected chi connectivity index (χ3v) is 5.03. The Labute approximate surface area is 145 Å². The molecule has 0 bridgehead atoms. The van der Waals surface area contributed by atoms with Gasteiger partial charge in [0.15, 0.2) is 0 Å². The van der Waals surface area contributed by atoms with Crippen LogP contribution in [0.5, 0.6) is 0 Å². The molecule has 0 aliphatic carbocycles. The van der Waals surface area contributed by atoms with Crippen LogP contribution in [0, 0.1) is 20.8 Å². The molecule has 4 heteroatoms. The molecular weight excluding hydrogens is 302 g/mol. The summed E-state index contributed by atoms with van der Waals surface area (Å²) in [5, 5.41) is 0. The van der Waals surface area contributed by atoms with E-state index in [2.05, 4.69) is 32.9 Å². The maximum atomic E-state index is 13.1. The van der Waals surface area contributed by atoms with Gasteiger partial charge in [0.2, 0.25) is 5.91 Å². The highest BCUT2D eigenvalue weighted by molar-refractivity contribution is 5.89. The molecule has 2 unspecified atom stereocenters. The zero-order chi connectivity index (χ0) is 17.9. The topological polar surface area (TPSA) is 46.6 Å². The van der Waals surface area contributed by atoms with Crippen molar-refractivity contribution < 1.29 is 14.3 Å². The van der Waals surface area contributed by atoms with Crippen LogP contribution in [0.25, 0.3) is 0 Å². The Hall–Kier alpha value is -1.84. The van der Waals surface area contributed by atoms with Gasteiger partial charge >= 0.3 is 5.97 Å². The van der Waals surface area contributed by atoms with Crippen molar-refractivity contribution in [3.8, 4) is 0 Å². The molecule has 1 aliphatic heterocycles. The van der Waals surface area contributed by atoms with E-state index in [9.17, 15) is 9.59 Å². The highest BCUT2D eigenvalue weighted by Crippen LogP contribution is 2.28. The van der Waals surface area contributed by atoms with Gasteiger partial charge in [0.1, 0.15) is 6.04 Å². The summed E-state index contributed by atoms with van der Waals surface area (Å²) >= 11 is 0. The molecule has 1 amide bonds. The molecule has 0 saturated carbocycles. The van der Waals surface area contributed by atoms with E-state index in [0.29, 0.717) is 19.6 Å². The van der Waals surface area contributed by atoms with Crippen LogP contribution in [0.4, 0.5) is 0 Å². The minimum Gasteiger partial charge on any atom is -0.464 e. The van der Waals surface area contributed by atoms with E-state index in [-0.39, 0.29) is 17.8 Å². The standard InChI is InChI=1S/C20H29NO3/c1-6-24-20(23)18-9-7-8-10-21(18)19(22)16(5)17-12-13(2)11-14(3)15(17)4/h11-12,16,18H,6-10H2,1-5H3.